The van der Waals surface area contributed by atoms with Gasteiger partial charge in [-0.05, 0) is 113 Å². The third-order valence-corrected chi connectivity index (χ3v) is 7.45. The van der Waals surface area contributed by atoms with Gasteiger partial charge in [0.25, 0.3) is 0 Å². The molecule has 3 fully saturated rings. The van der Waals surface area contributed by atoms with Crippen LogP contribution in [0.1, 0.15) is 77.0 Å². The monoisotopic (exact) mass is 304 g/mol. The van der Waals surface area contributed by atoms with Gasteiger partial charge in [-0.3, -0.25) is 0 Å². The molecule has 0 unspecified atom stereocenters. The Morgan fingerprint density at radius 3 is 1.36 bits per heavy atom. The molecule has 0 aromatic rings. The summed E-state index contributed by atoms with van der Waals surface area (Å²) in [5.41, 5.74) is 0. The lowest BCUT2D eigenvalue weighted by Gasteiger charge is -2.41. The molecule has 126 valence electrons. The molecule has 3 aliphatic rings. The fourth-order valence-electron chi connectivity index (χ4n) is 5.78. The quantitative estimate of drug-likeness (QED) is 0.672. The van der Waals surface area contributed by atoms with Crippen LogP contribution < -0.4 is 0 Å². The number of rotatable bonds is 4. The first-order valence-electron chi connectivity index (χ1n) is 10.0. The van der Waals surface area contributed by atoms with E-state index in [0.717, 1.165) is 29.6 Å². The van der Waals surface area contributed by atoms with Gasteiger partial charge in [0.15, 0.2) is 0 Å². The van der Waals surface area contributed by atoms with Gasteiger partial charge in [0.05, 0.1) is 0 Å². The molecule has 0 bridgehead atoms. The molecule has 0 aromatic carbocycles. The van der Waals surface area contributed by atoms with Crippen molar-refractivity contribution in [3.05, 3.63) is 12.7 Å². The molecule has 22 heavy (non-hydrogen) atoms. The second-order valence-corrected chi connectivity index (χ2v) is 8.55. The van der Waals surface area contributed by atoms with Gasteiger partial charge in [0.1, 0.15) is 0 Å². The number of hydrogen-bond donors (Lipinski definition) is 1. The normalized spacial score (nSPS) is 43.7. The topological polar surface area (TPSA) is 20.2 Å². The Bertz CT molecular complexity index is 326. The van der Waals surface area contributed by atoms with Crippen LogP contribution in [0.15, 0.2) is 12.7 Å². The van der Waals surface area contributed by atoms with E-state index in [0.29, 0.717) is 12.5 Å². The van der Waals surface area contributed by atoms with Crippen LogP contribution in [0.2, 0.25) is 0 Å². The number of aliphatic hydroxyl groups is 1. The lowest BCUT2D eigenvalue weighted by Crippen LogP contribution is -2.30. The first kappa shape index (κ1) is 16.6. The van der Waals surface area contributed by atoms with E-state index < -0.39 is 0 Å². The minimum Gasteiger partial charge on any atom is -0.396 e. The molecule has 0 atom stereocenters. The zero-order valence-corrected chi connectivity index (χ0v) is 14.4. The van der Waals surface area contributed by atoms with Gasteiger partial charge in [0, 0.05) is 6.61 Å². The summed E-state index contributed by atoms with van der Waals surface area (Å²) in [7, 11) is 0. The van der Waals surface area contributed by atoms with Crippen molar-refractivity contribution in [3.8, 4) is 0 Å². The van der Waals surface area contributed by atoms with E-state index in [1.165, 1.54) is 77.0 Å². The molecule has 1 nitrogen and oxygen atoms in total. The van der Waals surface area contributed by atoms with E-state index >= 15 is 0 Å². The van der Waals surface area contributed by atoms with Gasteiger partial charge in [-0.25, -0.2) is 0 Å². The standard InChI is InChI=1S/C21H36O/c1-2-16-3-7-18(8-4-16)20-11-13-21(14-12-20)19-9-5-17(15-22)6-10-19/h2,16-22H,1,3-15H2. The predicted molar refractivity (Wildman–Crippen MR) is 93.6 cm³/mol. The summed E-state index contributed by atoms with van der Waals surface area (Å²) in [6.07, 6.45) is 19.3. The number of hydrogen-bond acceptors (Lipinski definition) is 1. The summed E-state index contributed by atoms with van der Waals surface area (Å²) in [4.78, 5) is 0. The molecule has 0 aromatic heterocycles. The van der Waals surface area contributed by atoms with Crippen LogP contribution in [0.25, 0.3) is 0 Å². The summed E-state index contributed by atoms with van der Waals surface area (Å²) in [5.74, 6) is 5.50. The SMILES string of the molecule is C=CC1CCC(C2CCC(C3CCC(CO)CC3)CC2)CC1. The van der Waals surface area contributed by atoms with E-state index in [-0.39, 0.29) is 0 Å². The van der Waals surface area contributed by atoms with Gasteiger partial charge in [0.2, 0.25) is 0 Å². The van der Waals surface area contributed by atoms with Gasteiger partial charge in [-0.1, -0.05) is 6.08 Å². The highest BCUT2D eigenvalue weighted by Crippen LogP contribution is 2.45. The highest BCUT2D eigenvalue weighted by molar-refractivity contribution is 4.88. The fourth-order valence-corrected chi connectivity index (χ4v) is 5.78. The van der Waals surface area contributed by atoms with Crippen molar-refractivity contribution in [2.75, 3.05) is 6.61 Å². The van der Waals surface area contributed by atoms with Crippen LogP contribution in [0.4, 0.5) is 0 Å². The van der Waals surface area contributed by atoms with Crippen molar-refractivity contribution < 1.29 is 5.11 Å². The summed E-state index contributed by atoms with van der Waals surface area (Å²) >= 11 is 0. The van der Waals surface area contributed by atoms with E-state index in [2.05, 4.69) is 12.7 Å². The highest BCUT2D eigenvalue weighted by atomic mass is 16.3. The van der Waals surface area contributed by atoms with E-state index in [1.807, 2.05) is 0 Å². The Hall–Kier alpha value is -0.300. The van der Waals surface area contributed by atoms with Crippen molar-refractivity contribution in [3.63, 3.8) is 0 Å². The van der Waals surface area contributed by atoms with Crippen molar-refractivity contribution >= 4 is 0 Å². The summed E-state index contributed by atoms with van der Waals surface area (Å²) in [6.45, 7) is 4.40. The van der Waals surface area contributed by atoms with Crippen LogP contribution in [-0.4, -0.2) is 11.7 Å². The van der Waals surface area contributed by atoms with Gasteiger partial charge < -0.3 is 5.11 Å². The molecule has 1 heteroatoms. The Morgan fingerprint density at radius 1 is 0.636 bits per heavy atom. The molecule has 0 heterocycles. The molecular formula is C21H36O. The lowest BCUT2D eigenvalue weighted by molar-refractivity contribution is 0.0953. The Morgan fingerprint density at radius 2 is 1.00 bits per heavy atom. The first-order valence-corrected chi connectivity index (χ1v) is 10.0. The fraction of sp³-hybridized carbons (Fsp3) is 0.905. The molecule has 3 saturated carbocycles. The zero-order chi connectivity index (χ0) is 15.4. The molecule has 3 aliphatic carbocycles. The highest BCUT2D eigenvalue weighted by Gasteiger charge is 2.34. The van der Waals surface area contributed by atoms with Crippen LogP contribution in [0.3, 0.4) is 0 Å². The average molecular weight is 305 g/mol. The maximum Gasteiger partial charge on any atom is 0.0459 e. The Kier molecular flexibility index (Phi) is 6.02. The maximum absolute atomic E-state index is 9.30. The average Bonchev–Trinajstić information content (AvgIpc) is 2.62. The van der Waals surface area contributed by atoms with E-state index in [9.17, 15) is 5.11 Å². The van der Waals surface area contributed by atoms with Gasteiger partial charge in [-0.15, -0.1) is 6.58 Å². The molecule has 0 aliphatic heterocycles. The molecule has 3 rings (SSSR count). The molecule has 1 N–H and O–H groups in total. The smallest absolute Gasteiger partial charge is 0.0459 e. The second kappa shape index (κ2) is 7.99. The summed E-state index contributed by atoms with van der Waals surface area (Å²) in [6, 6.07) is 0. The van der Waals surface area contributed by atoms with Crippen LogP contribution >= 0.6 is 0 Å². The van der Waals surface area contributed by atoms with Crippen molar-refractivity contribution in [1.82, 2.24) is 0 Å². The van der Waals surface area contributed by atoms with Crippen molar-refractivity contribution in [2.24, 2.45) is 35.5 Å². The zero-order valence-electron chi connectivity index (χ0n) is 14.4. The summed E-state index contributed by atoms with van der Waals surface area (Å²) in [5, 5.41) is 9.30. The second-order valence-electron chi connectivity index (χ2n) is 8.55. The van der Waals surface area contributed by atoms with Crippen LogP contribution in [-0.2, 0) is 0 Å². The largest absolute Gasteiger partial charge is 0.396 e. The van der Waals surface area contributed by atoms with Crippen molar-refractivity contribution in [1.29, 1.82) is 0 Å². The van der Waals surface area contributed by atoms with Gasteiger partial charge in [-0.2, -0.15) is 0 Å². The minimum atomic E-state index is 0.423. The van der Waals surface area contributed by atoms with E-state index in [4.69, 9.17) is 0 Å². The molecule has 0 radical (unpaired) electrons. The van der Waals surface area contributed by atoms with Gasteiger partial charge >= 0.3 is 0 Å². The third-order valence-electron chi connectivity index (χ3n) is 7.45. The third kappa shape index (κ3) is 3.96. The Balaban J connectivity index is 1.40. The number of aliphatic hydroxyl groups excluding tert-OH is 1. The molecule has 0 saturated heterocycles. The number of allylic oxidation sites excluding steroid dienone is 1. The predicted octanol–water partition coefficient (Wildman–Crippen LogP) is 5.58. The van der Waals surface area contributed by atoms with Crippen molar-refractivity contribution in [2.45, 2.75) is 77.0 Å². The minimum absolute atomic E-state index is 0.423. The first-order chi connectivity index (χ1) is 10.8. The molecular weight excluding hydrogens is 268 g/mol. The lowest BCUT2D eigenvalue weighted by atomic mass is 9.65. The maximum atomic E-state index is 9.30. The Labute approximate surface area is 137 Å². The summed E-state index contributed by atoms with van der Waals surface area (Å²) < 4.78 is 0. The van der Waals surface area contributed by atoms with Crippen LogP contribution in [0, 0.1) is 35.5 Å². The van der Waals surface area contributed by atoms with Crippen LogP contribution in [0.5, 0.6) is 0 Å². The molecule has 0 amide bonds. The van der Waals surface area contributed by atoms with E-state index in [1.54, 1.807) is 0 Å². The molecule has 0 spiro atoms.